The SMILES string of the molecule is Cc1ccc(NC2CCCCC2C)c(C#N)c1. The Labute approximate surface area is 104 Å². The summed E-state index contributed by atoms with van der Waals surface area (Å²) in [4.78, 5) is 0. The molecule has 0 radical (unpaired) electrons. The monoisotopic (exact) mass is 228 g/mol. The quantitative estimate of drug-likeness (QED) is 0.834. The fraction of sp³-hybridized carbons (Fsp3) is 0.533. The van der Waals surface area contributed by atoms with Crippen LogP contribution in [0.15, 0.2) is 18.2 Å². The molecule has 2 rings (SSSR count). The van der Waals surface area contributed by atoms with Gasteiger partial charge in [0.05, 0.1) is 11.3 Å². The number of nitrogens with one attached hydrogen (secondary N) is 1. The van der Waals surface area contributed by atoms with Crippen molar-refractivity contribution >= 4 is 5.69 Å². The van der Waals surface area contributed by atoms with E-state index in [-0.39, 0.29) is 0 Å². The van der Waals surface area contributed by atoms with E-state index >= 15 is 0 Å². The molecule has 2 heteroatoms. The number of nitriles is 1. The number of aryl methyl sites for hydroxylation is 1. The van der Waals surface area contributed by atoms with Crippen molar-refractivity contribution in [1.82, 2.24) is 0 Å². The highest BCUT2D eigenvalue weighted by atomic mass is 14.9. The molecule has 1 saturated carbocycles. The average Bonchev–Trinajstić information content (AvgIpc) is 2.34. The second-order valence-electron chi connectivity index (χ2n) is 5.17. The number of hydrogen-bond donors (Lipinski definition) is 1. The van der Waals surface area contributed by atoms with Crippen LogP contribution in [0.2, 0.25) is 0 Å². The number of benzene rings is 1. The summed E-state index contributed by atoms with van der Waals surface area (Å²) in [6, 6.07) is 8.86. The van der Waals surface area contributed by atoms with E-state index in [1.165, 1.54) is 25.7 Å². The van der Waals surface area contributed by atoms with Crippen molar-refractivity contribution in [3.05, 3.63) is 29.3 Å². The summed E-state index contributed by atoms with van der Waals surface area (Å²) in [5.41, 5.74) is 2.91. The van der Waals surface area contributed by atoms with Crippen LogP contribution in [0.5, 0.6) is 0 Å². The lowest BCUT2D eigenvalue weighted by molar-refractivity contribution is 0.349. The lowest BCUT2D eigenvalue weighted by atomic mass is 9.85. The lowest BCUT2D eigenvalue weighted by Crippen LogP contribution is -2.30. The normalized spacial score (nSPS) is 24.1. The Morgan fingerprint density at radius 1 is 1.29 bits per heavy atom. The predicted molar refractivity (Wildman–Crippen MR) is 70.9 cm³/mol. The first-order valence-corrected chi connectivity index (χ1v) is 6.48. The number of anilines is 1. The van der Waals surface area contributed by atoms with Gasteiger partial charge in [-0.1, -0.05) is 25.8 Å². The van der Waals surface area contributed by atoms with Crippen molar-refractivity contribution in [2.75, 3.05) is 5.32 Å². The van der Waals surface area contributed by atoms with Gasteiger partial charge in [0.25, 0.3) is 0 Å². The maximum atomic E-state index is 9.15. The van der Waals surface area contributed by atoms with E-state index in [2.05, 4.69) is 24.4 Å². The minimum absolute atomic E-state index is 0.526. The van der Waals surface area contributed by atoms with E-state index < -0.39 is 0 Å². The second kappa shape index (κ2) is 5.23. The van der Waals surface area contributed by atoms with E-state index in [1.807, 2.05) is 19.1 Å². The van der Waals surface area contributed by atoms with E-state index in [0.717, 1.165) is 16.8 Å². The molecule has 0 amide bonds. The zero-order valence-corrected chi connectivity index (χ0v) is 10.7. The number of nitrogens with zero attached hydrogens (tertiary/aromatic N) is 1. The van der Waals surface area contributed by atoms with Gasteiger partial charge < -0.3 is 5.32 Å². The molecule has 17 heavy (non-hydrogen) atoms. The fourth-order valence-electron chi connectivity index (χ4n) is 2.61. The lowest BCUT2D eigenvalue weighted by Gasteiger charge is -2.30. The molecule has 1 aliphatic carbocycles. The molecule has 90 valence electrons. The highest BCUT2D eigenvalue weighted by molar-refractivity contribution is 5.59. The average molecular weight is 228 g/mol. The number of hydrogen-bond acceptors (Lipinski definition) is 2. The maximum Gasteiger partial charge on any atom is 0.101 e. The van der Waals surface area contributed by atoms with E-state index in [9.17, 15) is 0 Å². The molecule has 1 fully saturated rings. The first-order valence-electron chi connectivity index (χ1n) is 6.48. The van der Waals surface area contributed by atoms with Gasteiger partial charge >= 0.3 is 0 Å². The number of rotatable bonds is 2. The van der Waals surface area contributed by atoms with E-state index in [1.54, 1.807) is 0 Å². The van der Waals surface area contributed by atoms with Crippen molar-refractivity contribution < 1.29 is 0 Å². The molecule has 1 aromatic carbocycles. The van der Waals surface area contributed by atoms with Crippen molar-refractivity contribution in [3.8, 4) is 6.07 Å². The van der Waals surface area contributed by atoms with Crippen LogP contribution in [0, 0.1) is 24.2 Å². The van der Waals surface area contributed by atoms with Crippen LogP contribution >= 0.6 is 0 Å². The van der Waals surface area contributed by atoms with Crippen molar-refractivity contribution in [2.24, 2.45) is 5.92 Å². The summed E-state index contributed by atoms with van der Waals surface area (Å²) in [6.07, 6.45) is 5.17. The van der Waals surface area contributed by atoms with Crippen LogP contribution in [0.1, 0.15) is 43.7 Å². The highest BCUT2D eigenvalue weighted by Gasteiger charge is 2.21. The maximum absolute atomic E-state index is 9.15. The predicted octanol–water partition coefficient (Wildman–Crippen LogP) is 3.86. The van der Waals surface area contributed by atoms with Gasteiger partial charge in [-0.3, -0.25) is 0 Å². The zero-order chi connectivity index (χ0) is 12.3. The van der Waals surface area contributed by atoms with Gasteiger partial charge in [-0.05, 0) is 43.4 Å². The van der Waals surface area contributed by atoms with Gasteiger partial charge in [0, 0.05) is 6.04 Å². The van der Waals surface area contributed by atoms with Crippen molar-refractivity contribution in [3.63, 3.8) is 0 Å². The van der Waals surface area contributed by atoms with Gasteiger partial charge in [-0.2, -0.15) is 5.26 Å². The molecule has 0 spiro atoms. The summed E-state index contributed by atoms with van der Waals surface area (Å²) in [5.74, 6) is 0.705. The molecule has 0 saturated heterocycles. The van der Waals surface area contributed by atoms with E-state index in [0.29, 0.717) is 12.0 Å². The molecule has 0 bridgehead atoms. The molecule has 1 aliphatic rings. The molecule has 1 aromatic rings. The molecule has 0 aliphatic heterocycles. The molecular formula is C15H20N2. The first kappa shape index (κ1) is 12.0. The Hall–Kier alpha value is -1.49. The summed E-state index contributed by atoms with van der Waals surface area (Å²) in [6.45, 7) is 4.32. The van der Waals surface area contributed by atoms with E-state index in [4.69, 9.17) is 5.26 Å². The van der Waals surface area contributed by atoms with Gasteiger partial charge in [0.1, 0.15) is 6.07 Å². The Balaban J connectivity index is 2.15. The molecule has 2 nitrogen and oxygen atoms in total. The summed E-state index contributed by atoms with van der Waals surface area (Å²) in [5, 5.41) is 12.7. The van der Waals surface area contributed by atoms with Gasteiger partial charge in [0.15, 0.2) is 0 Å². The largest absolute Gasteiger partial charge is 0.381 e. The molecular weight excluding hydrogens is 208 g/mol. The van der Waals surface area contributed by atoms with Crippen LogP contribution in [-0.4, -0.2) is 6.04 Å². The molecule has 0 heterocycles. The van der Waals surface area contributed by atoms with Crippen LogP contribution in [0.4, 0.5) is 5.69 Å². The Kier molecular flexibility index (Phi) is 3.68. The topological polar surface area (TPSA) is 35.8 Å². The van der Waals surface area contributed by atoms with Gasteiger partial charge in [-0.15, -0.1) is 0 Å². The third-order valence-electron chi connectivity index (χ3n) is 3.75. The van der Waals surface area contributed by atoms with Crippen LogP contribution in [0.3, 0.4) is 0 Å². The third kappa shape index (κ3) is 2.79. The van der Waals surface area contributed by atoms with Crippen LogP contribution < -0.4 is 5.32 Å². The Bertz CT molecular complexity index is 431. The van der Waals surface area contributed by atoms with Crippen molar-refractivity contribution in [2.45, 2.75) is 45.6 Å². The molecule has 0 aromatic heterocycles. The molecule has 2 atom stereocenters. The summed E-state index contributed by atoms with van der Waals surface area (Å²) >= 11 is 0. The van der Waals surface area contributed by atoms with Gasteiger partial charge in [-0.25, -0.2) is 0 Å². The third-order valence-corrected chi connectivity index (χ3v) is 3.75. The van der Waals surface area contributed by atoms with Crippen LogP contribution in [0.25, 0.3) is 0 Å². The highest BCUT2D eigenvalue weighted by Crippen LogP contribution is 2.28. The molecule has 2 unspecified atom stereocenters. The summed E-state index contributed by atoms with van der Waals surface area (Å²) < 4.78 is 0. The van der Waals surface area contributed by atoms with Gasteiger partial charge in [0.2, 0.25) is 0 Å². The minimum atomic E-state index is 0.526. The minimum Gasteiger partial charge on any atom is -0.381 e. The Morgan fingerprint density at radius 2 is 2.06 bits per heavy atom. The first-order chi connectivity index (χ1) is 8.20. The summed E-state index contributed by atoms with van der Waals surface area (Å²) in [7, 11) is 0. The van der Waals surface area contributed by atoms with Crippen molar-refractivity contribution in [1.29, 1.82) is 5.26 Å². The van der Waals surface area contributed by atoms with Crippen LogP contribution in [-0.2, 0) is 0 Å². The zero-order valence-electron chi connectivity index (χ0n) is 10.7. The second-order valence-corrected chi connectivity index (χ2v) is 5.17. The smallest absolute Gasteiger partial charge is 0.101 e. The Morgan fingerprint density at radius 3 is 2.76 bits per heavy atom. The fourth-order valence-corrected chi connectivity index (χ4v) is 2.61. The molecule has 1 N–H and O–H groups in total. The standard InChI is InChI=1S/C15H20N2/c1-11-7-8-15(13(9-11)10-16)17-14-6-4-3-5-12(14)2/h7-9,12,14,17H,3-6H2,1-2H3.